The van der Waals surface area contributed by atoms with Crippen molar-refractivity contribution in [1.82, 2.24) is 19.8 Å². The van der Waals surface area contributed by atoms with Gasteiger partial charge < -0.3 is 14.8 Å². The maximum Gasteiger partial charge on any atom is 0.222 e. The number of carbonyl (C=O) groups is 2. The highest BCUT2D eigenvalue weighted by Crippen LogP contribution is 2.40. The van der Waals surface area contributed by atoms with Gasteiger partial charge in [-0.05, 0) is 31.6 Å². The van der Waals surface area contributed by atoms with E-state index in [-0.39, 0.29) is 17.9 Å². The van der Waals surface area contributed by atoms with Crippen molar-refractivity contribution >= 4 is 11.8 Å². The zero-order chi connectivity index (χ0) is 15.5. The standard InChI is InChI=1S/C16H24N4O2/c1-19-11-8-17-16(19)15(12-6-7-12)18-13(21)4-2-9-20-10-3-5-14(20)22/h8,11-12,15H,2-7,9-10H2,1H3,(H,18,21)/t15-/m1/s1. The summed E-state index contributed by atoms with van der Waals surface area (Å²) in [7, 11) is 1.96. The lowest BCUT2D eigenvalue weighted by molar-refractivity contribution is -0.128. The summed E-state index contributed by atoms with van der Waals surface area (Å²) < 4.78 is 1.98. The minimum Gasteiger partial charge on any atom is -0.346 e. The van der Waals surface area contributed by atoms with Crippen LogP contribution in [0.15, 0.2) is 12.4 Å². The summed E-state index contributed by atoms with van der Waals surface area (Å²) in [5, 5.41) is 3.13. The van der Waals surface area contributed by atoms with E-state index in [4.69, 9.17) is 0 Å². The van der Waals surface area contributed by atoms with Gasteiger partial charge >= 0.3 is 0 Å². The molecule has 0 unspecified atom stereocenters. The predicted octanol–water partition coefficient (Wildman–Crippen LogP) is 1.39. The molecule has 1 N–H and O–H groups in total. The summed E-state index contributed by atoms with van der Waals surface area (Å²) in [6, 6.07) is 0.0286. The summed E-state index contributed by atoms with van der Waals surface area (Å²) in [6.07, 6.45) is 8.81. The lowest BCUT2D eigenvalue weighted by Gasteiger charge is -2.19. The number of hydrogen-bond acceptors (Lipinski definition) is 3. The van der Waals surface area contributed by atoms with Crippen LogP contribution in [-0.2, 0) is 16.6 Å². The number of amides is 2. The highest BCUT2D eigenvalue weighted by atomic mass is 16.2. The van der Waals surface area contributed by atoms with Gasteiger partial charge in [-0.25, -0.2) is 4.98 Å². The molecule has 0 aromatic carbocycles. The van der Waals surface area contributed by atoms with Crippen molar-refractivity contribution in [1.29, 1.82) is 0 Å². The number of carbonyl (C=O) groups excluding carboxylic acids is 2. The second-order valence-electron chi connectivity index (χ2n) is 6.37. The van der Waals surface area contributed by atoms with E-state index in [1.54, 1.807) is 6.20 Å². The van der Waals surface area contributed by atoms with Crippen molar-refractivity contribution in [3.05, 3.63) is 18.2 Å². The number of aryl methyl sites for hydroxylation is 1. The normalized spacial score (nSPS) is 19.5. The van der Waals surface area contributed by atoms with E-state index in [0.29, 0.717) is 25.3 Å². The Bertz CT molecular complexity index is 550. The van der Waals surface area contributed by atoms with Gasteiger partial charge in [0, 0.05) is 45.4 Å². The zero-order valence-corrected chi connectivity index (χ0v) is 13.1. The fourth-order valence-corrected chi connectivity index (χ4v) is 3.12. The number of nitrogens with one attached hydrogen (secondary N) is 1. The Labute approximate surface area is 130 Å². The quantitative estimate of drug-likeness (QED) is 0.828. The van der Waals surface area contributed by atoms with Crippen LogP contribution in [0.5, 0.6) is 0 Å². The first-order valence-corrected chi connectivity index (χ1v) is 8.19. The van der Waals surface area contributed by atoms with E-state index < -0.39 is 0 Å². The van der Waals surface area contributed by atoms with Gasteiger partial charge in [0.2, 0.25) is 11.8 Å². The van der Waals surface area contributed by atoms with Gasteiger partial charge in [-0.1, -0.05) is 0 Å². The first kappa shape index (κ1) is 15.1. The number of nitrogens with zero attached hydrogens (tertiary/aromatic N) is 3. The monoisotopic (exact) mass is 304 g/mol. The van der Waals surface area contributed by atoms with Crippen LogP contribution < -0.4 is 5.32 Å². The van der Waals surface area contributed by atoms with Gasteiger partial charge in [0.05, 0.1) is 6.04 Å². The molecule has 2 aliphatic rings. The first-order chi connectivity index (χ1) is 10.6. The van der Waals surface area contributed by atoms with E-state index in [2.05, 4.69) is 10.3 Å². The van der Waals surface area contributed by atoms with Crippen LogP contribution in [0.2, 0.25) is 0 Å². The summed E-state index contributed by atoms with van der Waals surface area (Å²) >= 11 is 0. The van der Waals surface area contributed by atoms with Crippen LogP contribution in [-0.4, -0.2) is 39.4 Å². The molecule has 3 rings (SSSR count). The Kier molecular flexibility index (Phi) is 4.45. The zero-order valence-electron chi connectivity index (χ0n) is 13.1. The molecule has 0 spiro atoms. The molecule has 1 atom stereocenters. The Morgan fingerprint density at radius 1 is 1.50 bits per heavy atom. The molecule has 1 aromatic rings. The predicted molar refractivity (Wildman–Crippen MR) is 81.9 cm³/mol. The van der Waals surface area contributed by atoms with Crippen molar-refractivity contribution in [3.63, 3.8) is 0 Å². The Hall–Kier alpha value is -1.85. The highest BCUT2D eigenvalue weighted by molar-refractivity contribution is 5.78. The fraction of sp³-hybridized carbons (Fsp3) is 0.688. The third-order valence-corrected chi connectivity index (χ3v) is 4.55. The van der Waals surface area contributed by atoms with Crippen LogP contribution in [0.1, 0.15) is 50.4 Å². The molecular formula is C16H24N4O2. The van der Waals surface area contributed by atoms with Gasteiger partial charge in [-0.3, -0.25) is 9.59 Å². The number of imidazole rings is 1. The van der Waals surface area contributed by atoms with E-state index >= 15 is 0 Å². The molecule has 1 saturated carbocycles. The Morgan fingerprint density at radius 3 is 2.91 bits per heavy atom. The third-order valence-electron chi connectivity index (χ3n) is 4.55. The number of hydrogen-bond donors (Lipinski definition) is 1. The maximum atomic E-state index is 12.2. The highest BCUT2D eigenvalue weighted by Gasteiger charge is 2.35. The maximum absolute atomic E-state index is 12.2. The van der Waals surface area contributed by atoms with E-state index in [9.17, 15) is 9.59 Å². The Balaban J connectivity index is 1.47. The van der Waals surface area contributed by atoms with Crippen LogP contribution in [0.4, 0.5) is 0 Å². The third kappa shape index (κ3) is 3.48. The molecule has 1 aliphatic carbocycles. The SMILES string of the molecule is Cn1ccnc1[C@H](NC(=O)CCCN1CCCC1=O)C1CC1. The summed E-state index contributed by atoms with van der Waals surface area (Å²) in [4.78, 5) is 30.0. The second kappa shape index (κ2) is 6.50. The van der Waals surface area contributed by atoms with Crippen LogP contribution in [0.25, 0.3) is 0 Å². The van der Waals surface area contributed by atoms with E-state index in [0.717, 1.165) is 38.1 Å². The molecule has 6 heteroatoms. The summed E-state index contributed by atoms with van der Waals surface area (Å²) in [5.74, 6) is 1.74. The molecule has 1 saturated heterocycles. The van der Waals surface area contributed by atoms with Gasteiger partial charge in [0.25, 0.3) is 0 Å². The van der Waals surface area contributed by atoms with Gasteiger partial charge in [-0.2, -0.15) is 0 Å². The van der Waals surface area contributed by atoms with Crippen molar-refractivity contribution < 1.29 is 9.59 Å². The molecule has 1 aliphatic heterocycles. The van der Waals surface area contributed by atoms with Crippen molar-refractivity contribution in [2.24, 2.45) is 13.0 Å². The topological polar surface area (TPSA) is 67.2 Å². The minimum atomic E-state index is 0.0286. The van der Waals surface area contributed by atoms with Gasteiger partial charge in [-0.15, -0.1) is 0 Å². The average Bonchev–Trinajstić information content (AvgIpc) is 3.13. The van der Waals surface area contributed by atoms with Crippen molar-refractivity contribution in [2.45, 2.75) is 44.6 Å². The van der Waals surface area contributed by atoms with Crippen LogP contribution in [0, 0.1) is 5.92 Å². The second-order valence-corrected chi connectivity index (χ2v) is 6.37. The largest absolute Gasteiger partial charge is 0.346 e. The smallest absolute Gasteiger partial charge is 0.222 e. The van der Waals surface area contributed by atoms with Crippen molar-refractivity contribution in [3.8, 4) is 0 Å². The molecule has 1 aromatic heterocycles. The molecule has 2 fully saturated rings. The average molecular weight is 304 g/mol. The minimum absolute atomic E-state index is 0.0286. The molecule has 2 amide bonds. The molecule has 2 heterocycles. The van der Waals surface area contributed by atoms with Gasteiger partial charge in [0.15, 0.2) is 0 Å². The molecule has 0 radical (unpaired) electrons. The van der Waals surface area contributed by atoms with Gasteiger partial charge in [0.1, 0.15) is 5.82 Å². The molecule has 120 valence electrons. The molecular weight excluding hydrogens is 280 g/mol. The molecule has 6 nitrogen and oxygen atoms in total. The van der Waals surface area contributed by atoms with E-state index in [1.165, 1.54) is 0 Å². The lowest BCUT2D eigenvalue weighted by atomic mass is 10.1. The van der Waals surface area contributed by atoms with E-state index in [1.807, 2.05) is 22.7 Å². The number of likely N-dealkylation sites (tertiary alicyclic amines) is 1. The molecule has 0 bridgehead atoms. The fourth-order valence-electron chi connectivity index (χ4n) is 3.12. The number of rotatable bonds is 7. The number of aromatic nitrogens is 2. The van der Waals surface area contributed by atoms with Crippen molar-refractivity contribution in [2.75, 3.05) is 13.1 Å². The first-order valence-electron chi connectivity index (χ1n) is 8.19. The summed E-state index contributed by atoms with van der Waals surface area (Å²) in [5.41, 5.74) is 0. The molecule has 22 heavy (non-hydrogen) atoms. The Morgan fingerprint density at radius 2 is 2.32 bits per heavy atom. The summed E-state index contributed by atoms with van der Waals surface area (Å²) in [6.45, 7) is 1.54. The van der Waals surface area contributed by atoms with Crippen LogP contribution in [0.3, 0.4) is 0 Å². The van der Waals surface area contributed by atoms with Crippen LogP contribution >= 0.6 is 0 Å². The lowest BCUT2D eigenvalue weighted by Crippen LogP contribution is -2.32.